The van der Waals surface area contributed by atoms with Crippen molar-refractivity contribution in [2.24, 2.45) is 0 Å². The molecule has 7 heteroatoms. The second-order valence-corrected chi connectivity index (χ2v) is 10.1. The van der Waals surface area contributed by atoms with Gasteiger partial charge in [0.15, 0.2) is 0 Å². The molecule has 2 fully saturated rings. The summed E-state index contributed by atoms with van der Waals surface area (Å²) in [6.07, 6.45) is 3.34. The molecule has 0 N–H and O–H groups in total. The van der Waals surface area contributed by atoms with Crippen LogP contribution in [0.2, 0.25) is 0 Å². The molecule has 0 saturated carbocycles. The standard InChI is InChI=1S/C29H36N2O5/c1-5-31(22-8-12-35-13-9-22)25-18-21(16-23(19(25)2)27(32)34-4)20-6-7-24-26(17-20)30(3)28(33)29(24)10-14-36-15-11-29/h6-7,16-18,22H,5,8-15H2,1-4H3. The minimum atomic E-state index is -0.488. The molecule has 2 saturated heterocycles. The van der Waals surface area contributed by atoms with Crippen molar-refractivity contribution < 1.29 is 23.8 Å². The van der Waals surface area contributed by atoms with E-state index in [-0.39, 0.29) is 11.9 Å². The number of hydrogen-bond donors (Lipinski definition) is 0. The summed E-state index contributed by atoms with van der Waals surface area (Å²) < 4.78 is 16.3. The third-order valence-corrected chi connectivity index (χ3v) is 8.34. The van der Waals surface area contributed by atoms with E-state index in [0.29, 0.717) is 37.7 Å². The number of esters is 1. The number of carbonyl (C=O) groups excluding carboxylic acids is 2. The average molecular weight is 493 g/mol. The number of hydrogen-bond acceptors (Lipinski definition) is 6. The van der Waals surface area contributed by atoms with Crippen LogP contribution in [0, 0.1) is 6.92 Å². The van der Waals surface area contributed by atoms with Gasteiger partial charge in [-0.15, -0.1) is 0 Å². The zero-order valence-corrected chi connectivity index (χ0v) is 21.8. The molecule has 0 aromatic heterocycles. The van der Waals surface area contributed by atoms with Gasteiger partial charge in [-0.2, -0.15) is 0 Å². The quantitative estimate of drug-likeness (QED) is 0.574. The number of methoxy groups -OCH3 is 1. The van der Waals surface area contributed by atoms with Crippen molar-refractivity contribution in [3.63, 3.8) is 0 Å². The first-order valence-electron chi connectivity index (χ1n) is 13.0. The number of ether oxygens (including phenoxy) is 3. The van der Waals surface area contributed by atoms with E-state index in [1.807, 2.05) is 20.0 Å². The van der Waals surface area contributed by atoms with Gasteiger partial charge in [0.1, 0.15) is 0 Å². The molecule has 0 radical (unpaired) electrons. The molecule has 0 unspecified atom stereocenters. The Morgan fingerprint density at radius 2 is 1.78 bits per heavy atom. The second-order valence-electron chi connectivity index (χ2n) is 10.1. The van der Waals surface area contributed by atoms with Gasteiger partial charge < -0.3 is 24.0 Å². The SMILES string of the molecule is CCN(c1cc(-c2ccc3c(c2)N(C)C(=O)C32CCOCC2)cc(C(=O)OC)c1C)C1CCOCC1. The molecular formula is C29H36N2O5. The first-order chi connectivity index (χ1) is 17.4. The molecule has 0 aliphatic carbocycles. The first kappa shape index (κ1) is 24.8. The summed E-state index contributed by atoms with van der Waals surface area (Å²) in [5.41, 5.74) is 6.00. The Kier molecular flexibility index (Phi) is 6.79. The van der Waals surface area contributed by atoms with E-state index in [2.05, 4.69) is 36.1 Å². The highest BCUT2D eigenvalue weighted by Crippen LogP contribution is 2.48. The van der Waals surface area contributed by atoms with E-state index in [1.54, 1.807) is 4.90 Å². The zero-order chi connectivity index (χ0) is 25.4. The molecule has 36 heavy (non-hydrogen) atoms. The summed E-state index contributed by atoms with van der Waals surface area (Å²) in [5, 5.41) is 0. The third-order valence-electron chi connectivity index (χ3n) is 8.34. The number of carbonyl (C=O) groups is 2. The topological polar surface area (TPSA) is 68.3 Å². The predicted molar refractivity (Wildman–Crippen MR) is 140 cm³/mol. The Labute approximate surface area is 213 Å². The third kappa shape index (κ3) is 3.98. The van der Waals surface area contributed by atoms with Crippen LogP contribution in [0.15, 0.2) is 30.3 Å². The largest absolute Gasteiger partial charge is 0.465 e. The van der Waals surface area contributed by atoms with Gasteiger partial charge in [0.25, 0.3) is 0 Å². The molecule has 1 spiro atoms. The fraction of sp³-hybridized carbons (Fsp3) is 0.517. The summed E-state index contributed by atoms with van der Waals surface area (Å²) in [6, 6.07) is 10.8. The number of benzene rings is 2. The van der Waals surface area contributed by atoms with Gasteiger partial charge in [0.05, 0.1) is 18.1 Å². The van der Waals surface area contributed by atoms with Crippen LogP contribution in [-0.2, 0) is 24.4 Å². The van der Waals surface area contributed by atoms with Crippen LogP contribution < -0.4 is 9.80 Å². The van der Waals surface area contributed by atoms with Crippen molar-refractivity contribution in [3.8, 4) is 11.1 Å². The van der Waals surface area contributed by atoms with Gasteiger partial charge in [-0.05, 0) is 80.0 Å². The van der Waals surface area contributed by atoms with Crippen molar-refractivity contribution in [3.05, 3.63) is 47.0 Å². The molecule has 2 aromatic carbocycles. The Hall–Kier alpha value is -2.90. The minimum absolute atomic E-state index is 0.148. The molecule has 3 aliphatic rings. The molecule has 192 valence electrons. The number of likely N-dealkylation sites (N-methyl/N-ethyl adjacent to an activating group) is 1. The van der Waals surface area contributed by atoms with Crippen LogP contribution in [0.25, 0.3) is 11.1 Å². The highest BCUT2D eigenvalue weighted by molar-refractivity contribution is 6.08. The van der Waals surface area contributed by atoms with Crippen molar-refractivity contribution in [1.29, 1.82) is 0 Å². The summed E-state index contributed by atoms with van der Waals surface area (Å²) in [6.45, 7) is 7.69. The first-order valence-corrected chi connectivity index (χ1v) is 13.0. The van der Waals surface area contributed by atoms with Gasteiger partial charge in [-0.3, -0.25) is 4.79 Å². The molecule has 3 heterocycles. The number of amides is 1. The van der Waals surface area contributed by atoms with E-state index in [9.17, 15) is 9.59 Å². The molecule has 7 nitrogen and oxygen atoms in total. The van der Waals surface area contributed by atoms with E-state index in [4.69, 9.17) is 14.2 Å². The lowest BCUT2D eigenvalue weighted by molar-refractivity contribution is -0.126. The van der Waals surface area contributed by atoms with Crippen LogP contribution >= 0.6 is 0 Å². The van der Waals surface area contributed by atoms with Gasteiger partial charge in [0.2, 0.25) is 5.91 Å². The van der Waals surface area contributed by atoms with E-state index >= 15 is 0 Å². The zero-order valence-electron chi connectivity index (χ0n) is 21.8. The van der Waals surface area contributed by atoms with Gasteiger partial charge >= 0.3 is 5.97 Å². The number of nitrogens with zero attached hydrogens (tertiary/aromatic N) is 2. The van der Waals surface area contributed by atoms with Crippen molar-refractivity contribution in [2.75, 3.05) is 56.9 Å². The smallest absolute Gasteiger partial charge is 0.338 e. The molecule has 1 amide bonds. The lowest BCUT2D eigenvalue weighted by Crippen LogP contribution is -2.42. The molecule has 0 bridgehead atoms. The maximum absolute atomic E-state index is 13.4. The molecular weight excluding hydrogens is 456 g/mol. The highest BCUT2D eigenvalue weighted by atomic mass is 16.5. The van der Waals surface area contributed by atoms with Crippen molar-refractivity contribution >= 4 is 23.3 Å². The highest BCUT2D eigenvalue weighted by Gasteiger charge is 2.50. The second kappa shape index (κ2) is 9.87. The number of rotatable bonds is 5. The molecule has 3 aliphatic heterocycles. The Bertz CT molecular complexity index is 1160. The Morgan fingerprint density at radius 1 is 1.08 bits per heavy atom. The van der Waals surface area contributed by atoms with E-state index in [0.717, 1.165) is 66.2 Å². The van der Waals surface area contributed by atoms with Crippen LogP contribution in [0.4, 0.5) is 11.4 Å². The summed E-state index contributed by atoms with van der Waals surface area (Å²) >= 11 is 0. The van der Waals surface area contributed by atoms with Crippen molar-refractivity contribution in [2.45, 2.75) is 51.0 Å². The summed E-state index contributed by atoms with van der Waals surface area (Å²) in [5.74, 6) is -0.192. The fourth-order valence-corrected chi connectivity index (χ4v) is 6.25. The van der Waals surface area contributed by atoms with Gasteiger partial charge in [-0.25, -0.2) is 4.79 Å². The summed E-state index contributed by atoms with van der Waals surface area (Å²) in [7, 11) is 3.28. The molecule has 2 aromatic rings. The Morgan fingerprint density at radius 3 is 2.44 bits per heavy atom. The Balaban J connectivity index is 1.61. The van der Waals surface area contributed by atoms with E-state index < -0.39 is 5.41 Å². The normalized spacial score (nSPS) is 19.4. The monoisotopic (exact) mass is 492 g/mol. The average Bonchev–Trinajstić information content (AvgIpc) is 3.12. The van der Waals surface area contributed by atoms with Crippen LogP contribution in [0.5, 0.6) is 0 Å². The maximum Gasteiger partial charge on any atom is 0.338 e. The van der Waals surface area contributed by atoms with Crippen LogP contribution in [-0.4, -0.2) is 65.0 Å². The summed E-state index contributed by atoms with van der Waals surface area (Å²) in [4.78, 5) is 30.4. The van der Waals surface area contributed by atoms with Crippen LogP contribution in [0.3, 0.4) is 0 Å². The molecule has 5 rings (SSSR count). The fourth-order valence-electron chi connectivity index (χ4n) is 6.25. The maximum atomic E-state index is 13.4. The van der Waals surface area contributed by atoms with E-state index in [1.165, 1.54) is 7.11 Å². The lowest BCUT2D eigenvalue weighted by atomic mass is 9.75. The van der Waals surface area contributed by atoms with Crippen molar-refractivity contribution in [1.82, 2.24) is 0 Å². The number of fused-ring (bicyclic) bond motifs is 2. The molecule has 0 atom stereocenters. The predicted octanol–water partition coefficient (Wildman–Crippen LogP) is 4.48. The lowest BCUT2D eigenvalue weighted by Gasteiger charge is -2.37. The minimum Gasteiger partial charge on any atom is -0.465 e. The number of anilines is 2. The van der Waals surface area contributed by atoms with Gasteiger partial charge in [0, 0.05) is 57.4 Å². The van der Waals surface area contributed by atoms with Gasteiger partial charge in [-0.1, -0.05) is 12.1 Å². The van der Waals surface area contributed by atoms with Crippen LogP contribution in [0.1, 0.15) is 54.1 Å².